The van der Waals surface area contributed by atoms with Crippen LogP contribution in [0.2, 0.25) is 0 Å². The van der Waals surface area contributed by atoms with Crippen LogP contribution in [0.15, 0.2) is 0 Å². The largest absolute Gasteiger partial charge is 0.346 e. The standard InChI is InChI=1S/C13H25N3/c1-8(2)11(7-14-6)13-15-10(5)12(16-13)9(3)4/h8-9,11,14H,7H2,1-6H3,(H,15,16). The SMILES string of the molecule is CNCC(c1nc(C(C)C)c(C)[nH]1)C(C)C. The quantitative estimate of drug-likeness (QED) is 0.806. The van der Waals surface area contributed by atoms with Crippen molar-refractivity contribution in [1.29, 1.82) is 0 Å². The minimum atomic E-state index is 0.469. The number of nitrogens with one attached hydrogen (secondary N) is 2. The van der Waals surface area contributed by atoms with Gasteiger partial charge in [0.1, 0.15) is 5.82 Å². The molecule has 0 fully saturated rings. The molecule has 3 nitrogen and oxygen atoms in total. The first-order chi connectivity index (χ1) is 7.47. The van der Waals surface area contributed by atoms with E-state index in [0.717, 1.165) is 12.4 Å². The van der Waals surface area contributed by atoms with Crippen molar-refractivity contribution in [1.82, 2.24) is 15.3 Å². The number of imidazole rings is 1. The number of H-pyrrole nitrogens is 1. The molecule has 0 aromatic carbocycles. The van der Waals surface area contributed by atoms with Crippen LogP contribution in [0.1, 0.15) is 56.7 Å². The van der Waals surface area contributed by atoms with Crippen LogP contribution < -0.4 is 5.32 Å². The molecular weight excluding hydrogens is 198 g/mol. The third-order valence-electron chi connectivity index (χ3n) is 3.07. The summed E-state index contributed by atoms with van der Waals surface area (Å²) in [6, 6.07) is 0. The van der Waals surface area contributed by atoms with E-state index >= 15 is 0 Å². The van der Waals surface area contributed by atoms with E-state index in [-0.39, 0.29) is 0 Å². The Bertz CT molecular complexity index is 326. The number of rotatable bonds is 5. The highest BCUT2D eigenvalue weighted by Gasteiger charge is 2.20. The Kier molecular flexibility index (Phi) is 4.54. The molecule has 0 aliphatic rings. The van der Waals surface area contributed by atoms with Gasteiger partial charge in [0.05, 0.1) is 5.69 Å². The lowest BCUT2D eigenvalue weighted by atomic mass is 9.95. The van der Waals surface area contributed by atoms with Gasteiger partial charge in [0.2, 0.25) is 0 Å². The number of likely N-dealkylation sites (N-methyl/N-ethyl adjacent to an activating group) is 1. The molecule has 92 valence electrons. The lowest BCUT2D eigenvalue weighted by molar-refractivity contribution is 0.460. The minimum Gasteiger partial charge on any atom is -0.346 e. The monoisotopic (exact) mass is 223 g/mol. The molecule has 0 saturated heterocycles. The summed E-state index contributed by atoms with van der Waals surface area (Å²) in [6.45, 7) is 12.0. The predicted molar refractivity (Wildman–Crippen MR) is 68.9 cm³/mol. The number of aryl methyl sites for hydroxylation is 1. The maximum absolute atomic E-state index is 4.75. The Labute approximate surface area is 99.1 Å². The number of nitrogens with zero attached hydrogens (tertiary/aromatic N) is 1. The fourth-order valence-corrected chi connectivity index (χ4v) is 2.10. The maximum atomic E-state index is 4.75. The molecule has 0 saturated carbocycles. The molecule has 16 heavy (non-hydrogen) atoms. The number of aromatic amines is 1. The topological polar surface area (TPSA) is 40.7 Å². The van der Waals surface area contributed by atoms with Gasteiger partial charge < -0.3 is 10.3 Å². The van der Waals surface area contributed by atoms with Gasteiger partial charge in [-0.1, -0.05) is 27.7 Å². The smallest absolute Gasteiger partial charge is 0.111 e. The van der Waals surface area contributed by atoms with Gasteiger partial charge in [0.15, 0.2) is 0 Å². The van der Waals surface area contributed by atoms with Crippen LogP contribution in [0.3, 0.4) is 0 Å². The molecule has 0 amide bonds. The fraction of sp³-hybridized carbons (Fsp3) is 0.769. The van der Waals surface area contributed by atoms with Crippen molar-refractivity contribution in [2.45, 2.75) is 46.5 Å². The normalized spacial score (nSPS) is 13.8. The zero-order chi connectivity index (χ0) is 12.3. The molecule has 1 rings (SSSR count). The van der Waals surface area contributed by atoms with E-state index in [1.807, 2.05) is 7.05 Å². The average molecular weight is 223 g/mol. The van der Waals surface area contributed by atoms with E-state index in [1.165, 1.54) is 11.4 Å². The lowest BCUT2D eigenvalue weighted by Gasteiger charge is -2.17. The zero-order valence-electron chi connectivity index (χ0n) is 11.4. The summed E-state index contributed by atoms with van der Waals surface area (Å²) in [5.74, 6) is 2.69. The highest BCUT2D eigenvalue weighted by molar-refractivity contribution is 5.18. The summed E-state index contributed by atoms with van der Waals surface area (Å²) >= 11 is 0. The minimum absolute atomic E-state index is 0.469. The zero-order valence-corrected chi connectivity index (χ0v) is 11.4. The second kappa shape index (κ2) is 5.48. The van der Waals surface area contributed by atoms with Gasteiger partial charge >= 0.3 is 0 Å². The third-order valence-corrected chi connectivity index (χ3v) is 3.07. The van der Waals surface area contributed by atoms with Crippen molar-refractivity contribution >= 4 is 0 Å². The molecule has 2 N–H and O–H groups in total. The lowest BCUT2D eigenvalue weighted by Crippen LogP contribution is -2.22. The highest BCUT2D eigenvalue weighted by Crippen LogP contribution is 2.25. The van der Waals surface area contributed by atoms with Crippen molar-refractivity contribution in [3.63, 3.8) is 0 Å². The summed E-state index contributed by atoms with van der Waals surface area (Å²) in [5.41, 5.74) is 2.42. The first-order valence-corrected chi connectivity index (χ1v) is 6.18. The molecule has 0 aliphatic carbocycles. The van der Waals surface area contributed by atoms with Gasteiger partial charge in [-0.3, -0.25) is 0 Å². The van der Waals surface area contributed by atoms with Gasteiger partial charge in [-0.2, -0.15) is 0 Å². The van der Waals surface area contributed by atoms with Crippen molar-refractivity contribution in [3.8, 4) is 0 Å². The van der Waals surface area contributed by atoms with Crippen LogP contribution in [0, 0.1) is 12.8 Å². The van der Waals surface area contributed by atoms with Gasteiger partial charge in [0.25, 0.3) is 0 Å². The van der Waals surface area contributed by atoms with Crippen LogP contribution in [0.25, 0.3) is 0 Å². The molecule has 0 radical (unpaired) electrons. The Hall–Kier alpha value is -0.830. The molecular formula is C13H25N3. The van der Waals surface area contributed by atoms with Crippen LogP contribution in [0.5, 0.6) is 0 Å². The second-order valence-electron chi connectivity index (χ2n) is 5.20. The Morgan fingerprint density at radius 3 is 2.25 bits per heavy atom. The maximum Gasteiger partial charge on any atom is 0.111 e. The summed E-state index contributed by atoms with van der Waals surface area (Å²) in [7, 11) is 1.99. The summed E-state index contributed by atoms with van der Waals surface area (Å²) < 4.78 is 0. The Morgan fingerprint density at radius 1 is 1.25 bits per heavy atom. The fourth-order valence-electron chi connectivity index (χ4n) is 2.10. The van der Waals surface area contributed by atoms with E-state index in [0.29, 0.717) is 17.8 Å². The first-order valence-electron chi connectivity index (χ1n) is 6.18. The second-order valence-corrected chi connectivity index (χ2v) is 5.20. The Morgan fingerprint density at radius 2 is 1.88 bits per heavy atom. The van der Waals surface area contributed by atoms with Crippen LogP contribution in [-0.2, 0) is 0 Å². The van der Waals surface area contributed by atoms with Crippen LogP contribution in [0.4, 0.5) is 0 Å². The average Bonchev–Trinajstić information content (AvgIpc) is 2.56. The predicted octanol–water partition coefficient (Wildman–Crippen LogP) is 2.80. The summed E-state index contributed by atoms with van der Waals surface area (Å²) in [4.78, 5) is 8.20. The van der Waals surface area contributed by atoms with Crippen molar-refractivity contribution < 1.29 is 0 Å². The van der Waals surface area contributed by atoms with Crippen LogP contribution in [-0.4, -0.2) is 23.6 Å². The van der Waals surface area contributed by atoms with Crippen molar-refractivity contribution in [2.24, 2.45) is 5.92 Å². The molecule has 1 atom stereocenters. The van der Waals surface area contributed by atoms with Crippen molar-refractivity contribution in [2.75, 3.05) is 13.6 Å². The van der Waals surface area contributed by atoms with Gasteiger partial charge in [-0.25, -0.2) is 4.98 Å². The van der Waals surface area contributed by atoms with E-state index in [4.69, 9.17) is 4.98 Å². The molecule has 1 aromatic heterocycles. The van der Waals surface area contributed by atoms with Gasteiger partial charge in [-0.15, -0.1) is 0 Å². The van der Waals surface area contributed by atoms with E-state index in [9.17, 15) is 0 Å². The van der Waals surface area contributed by atoms with Gasteiger partial charge in [-0.05, 0) is 25.8 Å². The van der Waals surface area contributed by atoms with Crippen molar-refractivity contribution in [3.05, 3.63) is 17.2 Å². The van der Waals surface area contributed by atoms with E-state index in [1.54, 1.807) is 0 Å². The van der Waals surface area contributed by atoms with E-state index in [2.05, 4.69) is 44.9 Å². The molecule has 3 heteroatoms. The Balaban J connectivity index is 2.97. The molecule has 1 unspecified atom stereocenters. The summed E-state index contributed by atoms with van der Waals surface area (Å²) in [6.07, 6.45) is 0. The van der Waals surface area contributed by atoms with Gasteiger partial charge in [0, 0.05) is 18.2 Å². The molecule has 1 aromatic rings. The summed E-state index contributed by atoms with van der Waals surface area (Å²) in [5, 5.41) is 3.25. The first kappa shape index (κ1) is 13.2. The third kappa shape index (κ3) is 2.85. The van der Waals surface area contributed by atoms with Crippen LogP contribution >= 0.6 is 0 Å². The number of hydrogen-bond acceptors (Lipinski definition) is 2. The molecule has 0 bridgehead atoms. The molecule has 1 heterocycles. The number of hydrogen-bond donors (Lipinski definition) is 2. The highest BCUT2D eigenvalue weighted by atomic mass is 15.0. The molecule has 0 aliphatic heterocycles. The number of aromatic nitrogens is 2. The molecule has 0 spiro atoms. The van der Waals surface area contributed by atoms with E-state index < -0.39 is 0 Å².